The molecule has 23 heavy (non-hydrogen) atoms. The molecule has 0 saturated heterocycles. The van der Waals surface area contributed by atoms with E-state index in [-0.39, 0.29) is 6.54 Å². The molecule has 1 heterocycles. The lowest BCUT2D eigenvalue weighted by molar-refractivity contribution is -0.223. The zero-order valence-electron chi connectivity index (χ0n) is 12.3. The molecular weight excluding hydrogens is 323 g/mol. The van der Waals surface area contributed by atoms with Crippen molar-refractivity contribution in [3.63, 3.8) is 0 Å². The Kier molecular flexibility index (Phi) is 4.98. The van der Waals surface area contributed by atoms with Crippen molar-refractivity contribution in [3.05, 3.63) is 23.9 Å². The fourth-order valence-corrected chi connectivity index (χ4v) is 2.22. The van der Waals surface area contributed by atoms with Gasteiger partial charge in [-0.25, -0.2) is 8.78 Å². The minimum absolute atomic E-state index is 0.0410. The van der Waals surface area contributed by atoms with Crippen LogP contribution >= 0.6 is 0 Å². The minimum Gasteiger partial charge on any atom is -0.363 e. The van der Waals surface area contributed by atoms with Gasteiger partial charge in [0, 0.05) is 25.3 Å². The second-order valence-electron chi connectivity index (χ2n) is 5.66. The van der Waals surface area contributed by atoms with Gasteiger partial charge in [0.15, 0.2) is 6.10 Å². The number of dihydropyridines is 1. The van der Waals surface area contributed by atoms with Crippen LogP contribution in [-0.2, 0) is 9.53 Å². The smallest absolute Gasteiger partial charge is 0.363 e. The molecule has 1 saturated carbocycles. The summed E-state index contributed by atoms with van der Waals surface area (Å²) in [6.45, 7) is 0.936. The van der Waals surface area contributed by atoms with Crippen LogP contribution < -0.4 is 10.6 Å². The van der Waals surface area contributed by atoms with Crippen LogP contribution in [-0.4, -0.2) is 36.9 Å². The molecule has 2 aliphatic rings. The Morgan fingerprint density at radius 2 is 2.13 bits per heavy atom. The topological polar surface area (TPSA) is 50.4 Å². The molecule has 0 radical (unpaired) electrons. The van der Waals surface area contributed by atoms with E-state index in [0.717, 1.165) is 6.92 Å². The molecule has 1 fully saturated rings. The third-order valence-electron chi connectivity index (χ3n) is 3.66. The third-order valence-corrected chi connectivity index (χ3v) is 3.66. The number of hydrogen-bond acceptors (Lipinski definition) is 3. The number of ether oxygens (including phenoxy) is 1. The van der Waals surface area contributed by atoms with Gasteiger partial charge in [0.2, 0.25) is 11.8 Å². The number of rotatable bonds is 5. The van der Waals surface area contributed by atoms with Crippen LogP contribution in [0.1, 0.15) is 19.8 Å². The zero-order chi connectivity index (χ0) is 17.3. The second kappa shape index (κ2) is 6.46. The quantitative estimate of drug-likeness (QED) is 0.756. The van der Waals surface area contributed by atoms with E-state index in [2.05, 4.69) is 10.6 Å². The standard InChI is InChI=1S/C14H17F5N2O2/c1-8(14(17,18)19)23-11-4-9(2-3-20-11)7-21-12(22)10-5-13(15,16)6-10/h2-4,8,10-11,20H,5-7H2,1H3,(H,21,22)/t8-,11?/m1/s1. The molecule has 0 bridgehead atoms. The second-order valence-corrected chi connectivity index (χ2v) is 5.66. The molecule has 1 aliphatic carbocycles. The van der Waals surface area contributed by atoms with Crippen LogP contribution in [0.15, 0.2) is 23.9 Å². The molecule has 1 amide bonds. The van der Waals surface area contributed by atoms with E-state index in [0.29, 0.717) is 5.57 Å². The van der Waals surface area contributed by atoms with Crippen molar-refractivity contribution < 1.29 is 31.5 Å². The molecule has 4 nitrogen and oxygen atoms in total. The van der Waals surface area contributed by atoms with Gasteiger partial charge in [0.05, 0.1) is 0 Å². The average molecular weight is 340 g/mol. The van der Waals surface area contributed by atoms with Gasteiger partial charge in [-0.05, 0) is 30.8 Å². The molecular formula is C14H17F5N2O2. The first-order chi connectivity index (χ1) is 10.6. The van der Waals surface area contributed by atoms with E-state index in [1.807, 2.05) is 0 Å². The summed E-state index contributed by atoms with van der Waals surface area (Å²) >= 11 is 0. The van der Waals surface area contributed by atoms with Crippen molar-refractivity contribution in [2.24, 2.45) is 5.92 Å². The van der Waals surface area contributed by atoms with E-state index in [4.69, 9.17) is 4.74 Å². The van der Waals surface area contributed by atoms with E-state index < -0.39 is 49.1 Å². The Hall–Kier alpha value is -1.64. The predicted octanol–water partition coefficient (Wildman–Crippen LogP) is 2.48. The van der Waals surface area contributed by atoms with Crippen LogP contribution in [0, 0.1) is 5.92 Å². The van der Waals surface area contributed by atoms with E-state index in [9.17, 15) is 26.7 Å². The first-order valence-corrected chi connectivity index (χ1v) is 7.08. The summed E-state index contributed by atoms with van der Waals surface area (Å²) in [6.07, 6.45) is -3.96. The van der Waals surface area contributed by atoms with Gasteiger partial charge in [-0.15, -0.1) is 0 Å². The highest BCUT2D eigenvalue weighted by molar-refractivity contribution is 5.80. The highest BCUT2D eigenvalue weighted by atomic mass is 19.4. The third kappa shape index (κ3) is 4.92. The number of hydrogen-bond donors (Lipinski definition) is 2. The summed E-state index contributed by atoms with van der Waals surface area (Å²) in [5, 5.41) is 5.10. The highest BCUT2D eigenvalue weighted by Gasteiger charge is 2.48. The van der Waals surface area contributed by atoms with Gasteiger partial charge >= 0.3 is 6.18 Å². The maximum absolute atomic E-state index is 12.7. The number of alkyl halides is 5. The van der Waals surface area contributed by atoms with E-state index in [1.54, 1.807) is 6.08 Å². The predicted molar refractivity (Wildman–Crippen MR) is 71.4 cm³/mol. The van der Waals surface area contributed by atoms with Crippen molar-refractivity contribution in [2.75, 3.05) is 6.54 Å². The van der Waals surface area contributed by atoms with E-state index in [1.165, 1.54) is 12.3 Å². The number of amides is 1. The minimum atomic E-state index is -4.47. The Bertz CT molecular complexity index is 508. The molecule has 2 atom stereocenters. The first-order valence-electron chi connectivity index (χ1n) is 7.08. The van der Waals surface area contributed by atoms with Crippen LogP contribution in [0.2, 0.25) is 0 Å². The Morgan fingerprint density at radius 3 is 2.70 bits per heavy atom. The highest BCUT2D eigenvalue weighted by Crippen LogP contribution is 2.42. The van der Waals surface area contributed by atoms with Gasteiger partial charge in [-0.3, -0.25) is 4.79 Å². The molecule has 1 unspecified atom stereocenters. The normalized spacial score (nSPS) is 25.1. The van der Waals surface area contributed by atoms with Crippen molar-refractivity contribution in [2.45, 2.75) is 44.2 Å². The molecule has 0 aromatic heterocycles. The van der Waals surface area contributed by atoms with Gasteiger partial charge < -0.3 is 15.4 Å². The number of carbonyl (C=O) groups is 1. The maximum atomic E-state index is 12.7. The lowest BCUT2D eigenvalue weighted by Gasteiger charge is -2.33. The Labute approximate surface area is 129 Å². The first kappa shape index (κ1) is 17.7. The van der Waals surface area contributed by atoms with Gasteiger partial charge in [0.25, 0.3) is 0 Å². The van der Waals surface area contributed by atoms with Crippen molar-refractivity contribution in [1.29, 1.82) is 0 Å². The van der Waals surface area contributed by atoms with E-state index >= 15 is 0 Å². The maximum Gasteiger partial charge on any atom is 0.414 e. The fourth-order valence-electron chi connectivity index (χ4n) is 2.22. The van der Waals surface area contributed by atoms with Gasteiger partial charge in [-0.2, -0.15) is 13.2 Å². The van der Waals surface area contributed by atoms with Gasteiger partial charge in [-0.1, -0.05) is 0 Å². The molecule has 9 heteroatoms. The van der Waals surface area contributed by atoms with Crippen molar-refractivity contribution in [3.8, 4) is 0 Å². The summed E-state index contributed by atoms with van der Waals surface area (Å²) in [6, 6.07) is 0. The zero-order valence-corrected chi connectivity index (χ0v) is 12.3. The van der Waals surface area contributed by atoms with Crippen LogP contribution in [0.5, 0.6) is 0 Å². The molecule has 0 spiro atoms. The Morgan fingerprint density at radius 1 is 1.48 bits per heavy atom. The van der Waals surface area contributed by atoms with Crippen LogP contribution in [0.3, 0.4) is 0 Å². The molecule has 2 N–H and O–H groups in total. The molecule has 0 aromatic carbocycles. The summed E-state index contributed by atoms with van der Waals surface area (Å²) < 4.78 is 67.5. The van der Waals surface area contributed by atoms with Crippen LogP contribution in [0.25, 0.3) is 0 Å². The van der Waals surface area contributed by atoms with Crippen molar-refractivity contribution >= 4 is 5.91 Å². The SMILES string of the molecule is C[C@@H](OC1C=C(CNC(=O)C2CC(F)(F)C2)C=CN1)C(F)(F)F. The average Bonchev–Trinajstić information content (AvgIpc) is 2.41. The number of halogens is 5. The largest absolute Gasteiger partial charge is 0.414 e. The van der Waals surface area contributed by atoms with Gasteiger partial charge in [0.1, 0.15) is 6.23 Å². The summed E-state index contributed by atoms with van der Waals surface area (Å²) in [5.74, 6) is -3.97. The monoisotopic (exact) mass is 340 g/mol. The number of carbonyl (C=O) groups excluding carboxylic acids is 1. The lowest BCUT2D eigenvalue weighted by Crippen LogP contribution is -2.45. The fraction of sp³-hybridized carbons (Fsp3) is 0.643. The molecule has 0 aromatic rings. The Balaban J connectivity index is 1.80. The molecule has 1 aliphatic heterocycles. The number of nitrogens with one attached hydrogen (secondary N) is 2. The van der Waals surface area contributed by atoms with Crippen molar-refractivity contribution in [1.82, 2.24) is 10.6 Å². The summed E-state index contributed by atoms with van der Waals surface area (Å²) in [4.78, 5) is 11.7. The molecule has 130 valence electrons. The lowest BCUT2D eigenvalue weighted by atomic mass is 9.81. The summed E-state index contributed by atoms with van der Waals surface area (Å²) in [7, 11) is 0. The molecule has 2 rings (SSSR count). The van der Waals surface area contributed by atoms with Crippen LogP contribution in [0.4, 0.5) is 22.0 Å². The summed E-state index contributed by atoms with van der Waals surface area (Å²) in [5.41, 5.74) is 0.530.